The number of amides is 3. The molecule has 1 aromatic carbocycles. The number of halogens is 1. The molecule has 3 amide bonds. The molecule has 24 heavy (non-hydrogen) atoms. The Kier molecular flexibility index (Phi) is 4.69. The Balaban J connectivity index is 1.57. The zero-order valence-electron chi connectivity index (χ0n) is 14.0. The Morgan fingerprint density at radius 1 is 1.38 bits per heavy atom. The summed E-state index contributed by atoms with van der Waals surface area (Å²) in [5, 5.41) is 5.01. The summed E-state index contributed by atoms with van der Waals surface area (Å²) in [7, 11) is 0. The summed E-state index contributed by atoms with van der Waals surface area (Å²) in [6, 6.07) is 5.28. The van der Waals surface area contributed by atoms with Crippen molar-refractivity contribution >= 4 is 29.2 Å². The highest BCUT2D eigenvalue weighted by Crippen LogP contribution is 2.36. The van der Waals surface area contributed by atoms with Gasteiger partial charge in [-0.1, -0.05) is 11.6 Å². The number of urea groups is 1. The van der Waals surface area contributed by atoms with E-state index >= 15 is 0 Å². The van der Waals surface area contributed by atoms with Crippen molar-refractivity contribution in [1.29, 1.82) is 0 Å². The van der Waals surface area contributed by atoms with Crippen molar-refractivity contribution in [3.63, 3.8) is 0 Å². The molecular formula is C17H22ClN3O3. The van der Waals surface area contributed by atoms with Crippen LogP contribution in [-0.4, -0.2) is 47.1 Å². The molecule has 0 unspecified atom stereocenters. The normalized spacial score (nSPS) is 19.9. The fourth-order valence-electron chi connectivity index (χ4n) is 3.23. The number of aryl methyl sites for hydroxylation is 1. The lowest BCUT2D eigenvalue weighted by molar-refractivity contribution is -0.206. The molecule has 6 nitrogen and oxygen atoms in total. The van der Waals surface area contributed by atoms with Gasteiger partial charge in [-0.25, -0.2) is 9.86 Å². The number of anilines is 1. The summed E-state index contributed by atoms with van der Waals surface area (Å²) in [5.74, 6) is 0.0343. The molecule has 130 valence electrons. The van der Waals surface area contributed by atoms with Gasteiger partial charge in [0.2, 0.25) is 5.91 Å². The summed E-state index contributed by atoms with van der Waals surface area (Å²) < 4.78 is 0. The molecule has 2 saturated heterocycles. The van der Waals surface area contributed by atoms with Gasteiger partial charge in [-0.2, -0.15) is 0 Å². The number of likely N-dealkylation sites (tertiary alicyclic amines) is 1. The second kappa shape index (κ2) is 6.61. The van der Waals surface area contributed by atoms with E-state index in [-0.39, 0.29) is 11.9 Å². The average molecular weight is 352 g/mol. The molecule has 2 aliphatic rings. The first-order valence-corrected chi connectivity index (χ1v) is 8.62. The number of carbonyl (C=O) groups excluding carboxylic acids is 2. The van der Waals surface area contributed by atoms with Gasteiger partial charge in [0.15, 0.2) is 0 Å². The number of hydrogen-bond acceptors (Lipinski definition) is 3. The van der Waals surface area contributed by atoms with Crippen LogP contribution in [0.5, 0.6) is 0 Å². The summed E-state index contributed by atoms with van der Waals surface area (Å²) in [5.41, 5.74) is 1.22. The third-order valence-corrected chi connectivity index (χ3v) is 5.14. The van der Waals surface area contributed by atoms with Crippen LogP contribution >= 0.6 is 11.6 Å². The number of piperidine rings is 1. The van der Waals surface area contributed by atoms with E-state index in [0.717, 1.165) is 11.3 Å². The van der Waals surface area contributed by atoms with Crippen LogP contribution in [0, 0.1) is 6.92 Å². The van der Waals surface area contributed by atoms with Gasteiger partial charge in [0.1, 0.15) is 5.60 Å². The minimum Gasteiger partial charge on any atom is -0.324 e. The van der Waals surface area contributed by atoms with Crippen LogP contribution in [0.15, 0.2) is 18.2 Å². The zero-order valence-corrected chi connectivity index (χ0v) is 14.7. The van der Waals surface area contributed by atoms with Crippen LogP contribution in [-0.2, 0) is 9.63 Å². The molecule has 0 aromatic heterocycles. The topological polar surface area (TPSA) is 61.9 Å². The van der Waals surface area contributed by atoms with E-state index in [9.17, 15) is 9.59 Å². The van der Waals surface area contributed by atoms with E-state index < -0.39 is 5.60 Å². The maximum absolute atomic E-state index is 12.4. The smallest absolute Gasteiger partial charge is 0.321 e. The van der Waals surface area contributed by atoms with Gasteiger partial charge in [-0.15, -0.1) is 0 Å². The van der Waals surface area contributed by atoms with E-state index in [0.29, 0.717) is 43.9 Å². The van der Waals surface area contributed by atoms with Gasteiger partial charge < -0.3 is 10.2 Å². The fraction of sp³-hybridized carbons (Fsp3) is 0.529. The van der Waals surface area contributed by atoms with Gasteiger partial charge in [0.25, 0.3) is 0 Å². The third kappa shape index (κ3) is 3.35. The first-order chi connectivity index (χ1) is 11.4. The Labute approximate surface area is 146 Å². The van der Waals surface area contributed by atoms with Crippen molar-refractivity contribution in [2.45, 2.75) is 38.7 Å². The quantitative estimate of drug-likeness (QED) is 0.890. The highest BCUT2D eigenvalue weighted by Gasteiger charge is 2.46. The molecule has 1 N–H and O–H groups in total. The molecule has 2 fully saturated rings. The summed E-state index contributed by atoms with van der Waals surface area (Å²) in [6.07, 6.45) is 1.75. The van der Waals surface area contributed by atoms with Crippen LogP contribution in [0.2, 0.25) is 5.02 Å². The second-order valence-corrected chi connectivity index (χ2v) is 6.83. The van der Waals surface area contributed by atoms with E-state index in [1.807, 2.05) is 19.9 Å². The lowest BCUT2D eigenvalue weighted by Crippen LogP contribution is -2.48. The van der Waals surface area contributed by atoms with Crippen LogP contribution < -0.4 is 5.32 Å². The minimum atomic E-state index is -0.430. The number of rotatable bonds is 2. The van der Waals surface area contributed by atoms with Crippen molar-refractivity contribution in [2.24, 2.45) is 0 Å². The van der Waals surface area contributed by atoms with E-state index in [1.165, 1.54) is 5.06 Å². The first-order valence-electron chi connectivity index (χ1n) is 8.24. The lowest BCUT2D eigenvalue weighted by atomic mass is 9.89. The predicted molar refractivity (Wildman–Crippen MR) is 91.8 cm³/mol. The average Bonchev–Trinajstić information content (AvgIpc) is 2.87. The largest absolute Gasteiger partial charge is 0.324 e. The molecule has 0 aliphatic carbocycles. The van der Waals surface area contributed by atoms with Gasteiger partial charge in [-0.3, -0.25) is 9.63 Å². The van der Waals surface area contributed by atoms with Crippen molar-refractivity contribution in [3.8, 4) is 0 Å². The van der Waals surface area contributed by atoms with Gasteiger partial charge >= 0.3 is 6.03 Å². The maximum Gasteiger partial charge on any atom is 0.321 e. The van der Waals surface area contributed by atoms with Gasteiger partial charge in [-0.05, 0) is 50.5 Å². The standard InChI is InChI=1S/C17H22ClN3O3/c1-3-21-15(22)11-17(24-21)6-8-20(9-7-17)16(23)19-13-4-5-14(18)12(2)10-13/h4-5,10H,3,6-9,11H2,1-2H3,(H,19,23). The number of nitrogens with zero attached hydrogens (tertiary/aromatic N) is 2. The molecule has 0 saturated carbocycles. The van der Waals surface area contributed by atoms with E-state index in [4.69, 9.17) is 16.4 Å². The molecule has 0 radical (unpaired) electrons. The van der Waals surface area contributed by atoms with Crippen molar-refractivity contribution in [1.82, 2.24) is 9.96 Å². The number of carbonyl (C=O) groups is 2. The van der Waals surface area contributed by atoms with Crippen molar-refractivity contribution < 1.29 is 14.4 Å². The molecule has 3 rings (SSSR count). The minimum absolute atomic E-state index is 0.0343. The summed E-state index contributed by atoms with van der Waals surface area (Å²) in [4.78, 5) is 31.9. The summed E-state index contributed by atoms with van der Waals surface area (Å²) >= 11 is 6.00. The summed E-state index contributed by atoms with van der Waals surface area (Å²) in [6.45, 7) is 5.50. The zero-order chi connectivity index (χ0) is 17.3. The van der Waals surface area contributed by atoms with Crippen LogP contribution in [0.25, 0.3) is 0 Å². The molecule has 7 heteroatoms. The monoisotopic (exact) mass is 351 g/mol. The van der Waals surface area contributed by atoms with Crippen LogP contribution in [0.3, 0.4) is 0 Å². The molecular weight excluding hydrogens is 330 g/mol. The van der Waals surface area contributed by atoms with Gasteiger partial charge in [0.05, 0.1) is 6.42 Å². The highest BCUT2D eigenvalue weighted by atomic mass is 35.5. The van der Waals surface area contributed by atoms with Gasteiger partial charge in [0, 0.05) is 30.3 Å². The molecule has 1 aromatic rings. The van der Waals surface area contributed by atoms with Crippen LogP contribution in [0.4, 0.5) is 10.5 Å². The molecule has 1 spiro atoms. The SMILES string of the molecule is CCN1OC2(CCN(C(=O)Nc3ccc(Cl)c(C)c3)CC2)CC1=O. The molecule has 0 bridgehead atoms. The number of nitrogens with one attached hydrogen (secondary N) is 1. The molecule has 2 aliphatic heterocycles. The number of benzene rings is 1. The maximum atomic E-state index is 12.4. The van der Waals surface area contributed by atoms with E-state index in [2.05, 4.69) is 5.32 Å². The second-order valence-electron chi connectivity index (χ2n) is 6.42. The predicted octanol–water partition coefficient (Wildman–Crippen LogP) is 3.20. The van der Waals surface area contributed by atoms with Crippen molar-refractivity contribution in [2.75, 3.05) is 25.0 Å². The Bertz CT molecular complexity index is 656. The number of hydroxylamine groups is 2. The Morgan fingerprint density at radius 3 is 2.67 bits per heavy atom. The highest BCUT2D eigenvalue weighted by molar-refractivity contribution is 6.31. The van der Waals surface area contributed by atoms with E-state index in [1.54, 1.807) is 17.0 Å². The van der Waals surface area contributed by atoms with Crippen LogP contribution in [0.1, 0.15) is 31.7 Å². The Morgan fingerprint density at radius 2 is 2.08 bits per heavy atom. The Hall–Kier alpha value is -1.79. The first kappa shape index (κ1) is 17.0. The van der Waals surface area contributed by atoms with Crippen molar-refractivity contribution in [3.05, 3.63) is 28.8 Å². The third-order valence-electron chi connectivity index (χ3n) is 4.71. The number of hydrogen-bond donors (Lipinski definition) is 1. The molecule has 2 heterocycles. The fourth-order valence-corrected chi connectivity index (χ4v) is 3.35. The lowest BCUT2D eigenvalue weighted by Gasteiger charge is -2.37. The molecule has 0 atom stereocenters.